The zero-order valence-corrected chi connectivity index (χ0v) is 22.3. The van der Waals surface area contributed by atoms with Gasteiger partial charge in [-0.2, -0.15) is 11.8 Å². The number of ether oxygens (including phenoxy) is 2. The zero-order valence-electron chi connectivity index (χ0n) is 20.8. The summed E-state index contributed by atoms with van der Waals surface area (Å²) in [6, 6.07) is 13.4. The van der Waals surface area contributed by atoms with Crippen LogP contribution in [0.2, 0.25) is 5.02 Å². The van der Waals surface area contributed by atoms with E-state index >= 15 is 0 Å². The summed E-state index contributed by atoms with van der Waals surface area (Å²) < 4.78 is 11.0. The van der Waals surface area contributed by atoms with Crippen LogP contribution in [0.25, 0.3) is 0 Å². The normalized spacial score (nSPS) is 11.5. The Kier molecular flexibility index (Phi) is 10.5. The fourth-order valence-corrected chi connectivity index (χ4v) is 3.70. The Balaban J connectivity index is 1.73. The largest absolute Gasteiger partial charge is 0.478 e. The van der Waals surface area contributed by atoms with Gasteiger partial charge in [0.25, 0.3) is 5.91 Å². The minimum atomic E-state index is -1.09. The molecule has 0 aromatic heterocycles. The monoisotopic (exact) mass is 520 g/mol. The Bertz CT molecular complexity index is 1000. The Hall–Kier alpha value is -2.71. The van der Waals surface area contributed by atoms with Gasteiger partial charge >= 0.3 is 6.09 Å². The molecule has 0 fully saturated rings. The summed E-state index contributed by atoms with van der Waals surface area (Å²) in [6.45, 7) is 9.77. The first kappa shape index (κ1) is 28.5. The molecule has 0 atom stereocenters. The molecule has 0 heterocycles. The van der Waals surface area contributed by atoms with Crippen LogP contribution in [0.1, 0.15) is 50.5 Å². The maximum Gasteiger partial charge on any atom is 0.407 e. The second-order valence-corrected chi connectivity index (χ2v) is 10.9. The van der Waals surface area contributed by atoms with Crippen molar-refractivity contribution in [1.29, 1.82) is 0 Å². The molecule has 0 aliphatic rings. The van der Waals surface area contributed by atoms with E-state index in [4.69, 9.17) is 21.1 Å². The Morgan fingerprint density at radius 1 is 0.829 bits per heavy atom. The standard InChI is InChI=1S/C26H33ClN2O5S/c1-25(2,3)34-24(32)29-15-17-35-16-14-28-23(31)26(4,5)33-21-12-8-19(9-13-21)22(30)18-6-10-20(27)11-7-18/h6-13H,14-17H2,1-5H3,(H,28,31)(H,29,32). The molecule has 2 aromatic rings. The second kappa shape index (κ2) is 12.8. The highest BCUT2D eigenvalue weighted by atomic mass is 35.5. The molecule has 35 heavy (non-hydrogen) atoms. The number of alkyl carbamates (subject to hydrolysis) is 1. The van der Waals surface area contributed by atoms with E-state index in [1.807, 2.05) is 20.8 Å². The zero-order chi connectivity index (χ0) is 26.1. The number of benzene rings is 2. The molecule has 2 rings (SSSR count). The van der Waals surface area contributed by atoms with Crippen molar-refractivity contribution in [2.45, 2.75) is 45.8 Å². The van der Waals surface area contributed by atoms with Crippen LogP contribution < -0.4 is 15.4 Å². The molecule has 0 unspecified atom stereocenters. The Morgan fingerprint density at radius 2 is 1.34 bits per heavy atom. The number of nitrogens with one attached hydrogen (secondary N) is 2. The highest BCUT2D eigenvalue weighted by molar-refractivity contribution is 7.99. The van der Waals surface area contributed by atoms with Crippen LogP contribution in [0.4, 0.5) is 4.79 Å². The minimum Gasteiger partial charge on any atom is -0.478 e. The van der Waals surface area contributed by atoms with Crippen LogP contribution >= 0.6 is 23.4 Å². The van der Waals surface area contributed by atoms with E-state index in [1.165, 1.54) is 0 Å². The van der Waals surface area contributed by atoms with E-state index in [2.05, 4.69) is 10.6 Å². The summed E-state index contributed by atoms with van der Waals surface area (Å²) in [4.78, 5) is 36.8. The van der Waals surface area contributed by atoms with Crippen molar-refractivity contribution in [3.8, 4) is 5.75 Å². The predicted octanol–water partition coefficient (Wildman–Crippen LogP) is 5.10. The molecular formula is C26H33ClN2O5S. The number of carbonyl (C=O) groups is 3. The summed E-state index contributed by atoms with van der Waals surface area (Å²) in [5, 5.41) is 6.13. The fourth-order valence-electron chi connectivity index (χ4n) is 2.87. The number of hydrogen-bond donors (Lipinski definition) is 2. The van der Waals surface area contributed by atoms with E-state index in [0.717, 1.165) is 0 Å². The molecule has 190 valence electrons. The quantitative estimate of drug-likeness (QED) is 0.316. The highest BCUT2D eigenvalue weighted by Crippen LogP contribution is 2.21. The number of ketones is 1. The lowest BCUT2D eigenvalue weighted by Gasteiger charge is -2.25. The van der Waals surface area contributed by atoms with Gasteiger partial charge in [-0.15, -0.1) is 0 Å². The first-order chi connectivity index (χ1) is 16.4. The van der Waals surface area contributed by atoms with E-state index in [0.29, 0.717) is 46.5 Å². The third-order valence-corrected chi connectivity index (χ3v) is 5.83. The molecule has 0 aliphatic heterocycles. The van der Waals surface area contributed by atoms with Gasteiger partial charge in [0.15, 0.2) is 11.4 Å². The van der Waals surface area contributed by atoms with Gasteiger partial charge in [0.1, 0.15) is 11.4 Å². The molecule has 2 N–H and O–H groups in total. The van der Waals surface area contributed by atoms with Gasteiger partial charge < -0.3 is 20.1 Å². The van der Waals surface area contributed by atoms with Crippen LogP contribution in [-0.4, -0.2) is 53.6 Å². The minimum absolute atomic E-state index is 0.121. The van der Waals surface area contributed by atoms with Gasteiger partial charge in [-0.25, -0.2) is 4.79 Å². The van der Waals surface area contributed by atoms with Crippen molar-refractivity contribution in [1.82, 2.24) is 10.6 Å². The Morgan fingerprint density at radius 3 is 1.89 bits per heavy atom. The highest BCUT2D eigenvalue weighted by Gasteiger charge is 2.29. The third-order valence-electron chi connectivity index (χ3n) is 4.59. The van der Waals surface area contributed by atoms with Gasteiger partial charge in [-0.1, -0.05) is 11.6 Å². The number of halogens is 1. The molecule has 0 bridgehead atoms. The lowest BCUT2D eigenvalue weighted by atomic mass is 10.0. The van der Waals surface area contributed by atoms with Gasteiger partial charge in [-0.05, 0) is 83.1 Å². The van der Waals surface area contributed by atoms with E-state index < -0.39 is 17.3 Å². The van der Waals surface area contributed by atoms with Gasteiger partial charge in [-0.3, -0.25) is 9.59 Å². The molecule has 0 aliphatic carbocycles. The maximum atomic E-state index is 12.6. The second-order valence-electron chi connectivity index (χ2n) is 9.27. The van der Waals surface area contributed by atoms with Crippen molar-refractivity contribution < 1.29 is 23.9 Å². The smallest absolute Gasteiger partial charge is 0.407 e. The van der Waals surface area contributed by atoms with Crippen LogP contribution in [0.15, 0.2) is 48.5 Å². The molecule has 9 heteroatoms. The summed E-state index contributed by atoms with van der Waals surface area (Å²) >= 11 is 7.49. The van der Waals surface area contributed by atoms with Crippen molar-refractivity contribution in [3.05, 3.63) is 64.7 Å². The van der Waals surface area contributed by atoms with E-state index in [1.54, 1.807) is 74.1 Å². The van der Waals surface area contributed by atoms with E-state index in [9.17, 15) is 14.4 Å². The summed E-state index contributed by atoms with van der Waals surface area (Å²) in [5.41, 5.74) is -0.556. The van der Waals surface area contributed by atoms with Crippen molar-refractivity contribution >= 4 is 41.1 Å². The SMILES string of the molecule is CC(C)(C)OC(=O)NCCSCCNC(=O)C(C)(C)Oc1ccc(C(=O)c2ccc(Cl)cc2)cc1. The van der Waals surface area contributed by atoms with E-state index in [-0.39, 0.29) is 11.7 Å². The molecule has 0 spiro atoms. The number of hydrogen-bond acceptors (Lipinski definition) is 6. The van der Waals surface area contributed by atoms with Crippen LogP contribution in [0.3, 0.4) is 0 Å². The average molecular weight is 521 g/mol. The summed E-state index contributed by atoms with van der Waals surface area (Å²) in [6.07, 6.45) is -0.437. The topological polar surface area (TPSA) is 93.7 Å². The van der Waals surface area contributed by atoms with Crippen molar-refractivity contribution in [3.63, 3.8) is 0 Å². The van der Waals surface area contributed by atoms with Gasteiger partial charge in [0, 0.05) is 40.7 Å². The summed E-state index contributed by atoms with van der Waals surface area (Å²) in [5.74, 6) is 1.52. The first-order valence-electron chi connectivity index (χ1n) is 11.3. The molecule has 0 saturated heterocycles. The molecule has 2 aromatic carbocycles. The molecule has 2 amide bonds. The molecule has 7 nitrogen and oxygen atoms in total. The number of thioether (sulfide) groups is 1. The fraction of sp³-hybridized carbons (Fsp3) is 0.423. The number of carbonyl (C=O) groups excluding carboxylic acids is 3. The number of rotatable bonds is 11. The molecular weight excluding hydrogens is 488 g/mol. The maximum absolute atomic E-state index is 12.6. The van der Waals surface area contributed by atoms with Gasteiger partial charge in [0.05, 0.1) is 0 Å². The van der Waals surface area contributed by atoms with Crippen LogP contribution in [0, 0.1) is 0 Å². The van der Waals surface area contributed by atoms with Gasteiger partial charge in [0.2, 0.25) is 0 Å². The van der Waals surface area contributed by atoms with Crippen molar-refractivity contribution in [2.24, 2.45) is 0 Å². The first-order valence-corrected chi connectivity index (χ1v) is 12.8. The van der Waals surface area contributed by atoms with Crippen molar-refractivity contribution in [2.75, 3.05) is 24.6 Å². The molecule has 0 radical (unpaired) electrons. The van der Waals surface area contributed by atoms with Crippen LogP contribution in [-0.2, 0) is 9.53 Å². The molecule has 0 saturated carbocycles. The Labute approximate surface area is 216 Å². The predicted molar refractivity (Wildman–Crippen MR) is 141 cm³/mol. The lowest BCUT2D eigenvalue weighted by Crippen LogP contribution is -2.47. The third kappa shape index (κ3) is 10.2. The lowest BCUT2D eigenvalue weighted by molar-refractivity contribution is -0.134. The number of amides is 2. The van der Waals surface area contributed by atoms with Crippen LogP contribution in [0.5, 0.6) is 5.75 Å². The average Bonchev–Trinajstić information content (AvgIpc) is 2.77. The summed E-state index contributed by atoms with van der Waals surface area (Å²) in [7, 11) is 0.